The molecule has 2 aromatic carbocycles. The fourth-order valence-electron chi connectivity index (χ4n) is 4.40. The molecular formula is C26H34N4O. The molecule has 1 aromatic heterocycles. The summed E-state index contributed by atoms with van der Waals surface area (Å²) in [5.41, 5.74) is 4.24. The third-order valence-electron chi connectivity index (χ3n) is 6.42. The summed E-state index contributed by atoms with van der Waals surface area (Å²) in [6.45, 7) is 4.50. The third kappa shape index (κ3) is 5.35. The van der Waals surface area contributed by atoms with Crippen LogP contribution in [-0.4, -0.2) is 68.2 Å². The molecule has 0 bridgehead atoms. The summed E-state index contributed by atoms with van der Waals surface area (Å²) in [7, 11) is 6.19. The number of likely N-dealkylation sites (tertiary alicyclic amines) is 1. The molecule has 31 heavy (non-hydrogen) atoms. The van der Waals surface area contributed by atoms with Gasteiger partial charge in [-0.3, -0.25) is 0 Å². The van der Waals surface area contributed by atoms with Crippen LogP contribution in [0.4, 0.5) is 5.69 Å². The lowest BCUT2D eigenvalue weighted by Crippen LogP contribution is -2.42. The smallest absolute Gasteiger partial charge is 0.118 e. The first-order valence-corrected chi connectivity index (χ1v) is 11.3. The van der Waals surface area contributed by atoms with Crippen molar-refractivity contribution in [3.8, 4) is 17.0 Å². The van der Waals surface area contributed by atoms with Crippen LogP contribution in [0.3, 0.4) is 0 Å². The van der Waals surface area contributed by atoms with Gasteiger partial charge in [0.05, 0.1) is 18.3 Å². The van der Waals surface area contributed by atoms with Crippen LogP contribution in [0.1, 0.15) is 19.3 Å². The number of methoxy groups -OCH3 is 1. The van der Waals surface area contributed by atoms with E-state index in [0.29, 0.717) is 0 Å². The number of rotatable bonds is 8. The molecule has 1 aliphatic heterocycles. The number of para-hydroxylation sites is 1. The number of hydrogen-bond acceptors (Lipinski definition) is 5. The minimum absolute atomic E-state index is 0.722. The standard InChI is InChI=1S/C26H34N4O/c1-29-17-13-21(14-18-29)30(2)16-6-15-27-26-19-25(20-9-11-22(31-3)12-10-20)28-24-8-5-4-7-23(24)26/h4-5,7-12,19,21H,6,13-18H2,1-3H3,(H,27,28). The lowest BCUT2D eigenvalue weighted by atomic mass is 10.0. The minimum Gasteiger partial charge on any atom is -0.497 e. The van der Waals surface area contributed by atoms with Crippen molar-refractivity contribution >= 4 is 16.6 Å². The molecule has 164 valence electrons. The average molecular weight is 419 g/mol. The fraction of sp³-hybridized carbons (Fsp3) is 0.423. The maximum atomic E-state index is 5.29. The molecule has 1 aliphatic rings. The third-order valence-corrected chi connectivity index (χ3v) is 6.42. The van der Waals surface area contributed by atoms with Crippen molar-refractivity contribution in [2.24, 2.45) is 0 Å². The number of fused-ring (bicyclic) bond motifs is 1. The van der Waals surface area contributed by atoms with Gasteiger partial charge in [-0.2, -0.15) is 0 Å². The highest BCUT2D eigenvalue weighted by atomic mass is 16.5. The van der Waals surface area contributed by atoms with E-state index in [1.54, 1.807) is 7.11 Å². The summed E-state index contributed by atoms with van der Waals surface area (Å²) >= 11 is 0. The van der Waals surface area contributed by atoms with Crippen LogP contribution in [0.5, 0.6) is 5.75 Å². The lowest BCUT2D eigenvalue weighted by molar-refractivity contribution is 0.144. The van der Waals surface area contributed by atoms with Crippen LogP contribution in [-0.2, 0) is 0 Å². The molecule has 2 heterocycles. The molecule has 0 spiro atoms. The summed E-state index contributed by atoms with van der Waals surface area (Å²) < 4.78 is 5.29. The van der Waals surface area contributed by atoms with Gasteiger partial charge in [0.25, 0.3) is 0 Å². The Bertz CT molecular complexity index is 980. The Kier molecular flexibility index (Phi) is 7.05. The van der Waals surface area contributed by atoms with Crippen LogP contribution in [0.25, 0.3) is 22.2 Å². The van der Waals surface area contributed by atoms with Gasteiger partial charge in [-0.1, -0.05) is 18.2 Å². The minimum atomic E-state index is 0.722. The van der Waals surface area contributed by atoms with Crippen molar-refractivity contribution in [3.05, 3.63) is 54.6 Å². The molecule has 0 saturated carbocycles. The Labute approximate surface area is 186 Å². The molecule has 0 amide bonds. The molecule has 3 aromatic rings. The van der Waals surface area contributed by atoms with E-state index in [0.717, 1.165) is 53.8 Å². The van der Waals surface area contributed by atoms with Crippen LogP contribution in [0.15, 0.2) is 54.6 Å². The van der Waals surface area contributed by atoms with Gasteiger partial charge in [-0.15, -0.1) is 0 Å². The zero-order valence-corrected chi connectivity index (χ0v) is 19.0. The van der Waals surface area contributed by atoms with E-state index in [2.05, 4.69) is 65.6 Å². The van der Waals surface area contributed by atoms with E-state index in [-0.39, 0.29) is 0 Å². The SMILES string of the molecule is COc1ccc(-c2cc(NCCCN(C)C3CCN(C)CC3)c3ccccc3n2)cc1. The van der Waals surface area contributed by atoms with Crippen LogP contribution in [0.2, 0.25) is 0 Å². The first-order valence-electron chi connectivity index (χ1n) is 11.3. The number of nitrogens with one attached hydrogen (secondary N) is 1. The van der Waals surface area contributed by atoms with Gasteiger partial charge in [0, 0.05) is 29.2 Å². The summed E-state index contributed by atoms with van der Waals surface area (Å²) in [6.07, 6.45) is 3.68. The van der Waals surface area contributed by atoms with E-state index in [9.17, 15) is 0 Å². The highest BCUT2D eigenvalue weighted by Crippen LogP contribution is 2.29. The second kappa shape index (κ2) is 10.1. The van der Waals surface area contributed by atoms with Gasteiger partial charge in [0.1, 0.15) is 5.75 Å². The zero-order valence-electron chi connectivity index (χ0n) is 19.0. The highest BCUT2D eigenvalue weighted by molar-refractivity contribution is 5.93. The van der Waals surface area contributed by atoms with E-state index >= 15 is 0 Å². The number of aromatic nitrogens is 1. The molecule has 5 heteroatoms. The van der Waals surface area contributed by atoms with Gasteiger partial charge >= 0.3 is 0 Å². The predicted molar refractivity (Wildman–Crippen MR) is 130 cm³/mol. The maximum absolute atomic E-state index is 5.29. The Morgan fingerprint density at radius 1 is 1.10 bits per heavy atom. The topological polar surface area (TPSA) is 40.6 Å². The quantitative estimate of drug-likeness (QED) is 0.535. The van der Waals surface area contributed by atoms with E-state index in [4.69, 9.17) is 9.72 Å². The van der Waals surface area contributed by atoms with Crippen molar-refractivity contribution in [1.82, 2.24) is 14.8 Å². The highest BCUT2D eigenvalue weighted by Gasteiger charge is 2.19. The molecule has 1 N–H and O–H groups in total. The van der Waals surface area contributed by atoms with Crippen molar-refractivity contribution in [3.63, 3.8) is 0 Å². The number of benzene rings is 2. The number of hydrogen-bond donors (Lipinski definition) is 1. The first-order chi connectivity index (χ1) is 15.1. The lowest BCUT2D eigenvalue weighted by Gasteiger charge is -2.35. The molecular weight excluding hydrogens is 384 g/mol. The van der Waals surface area contributed by atoms with Crippen LogP contribution < -0.4 is 10.1 Å². The van der Waals surface area contributed by atoms with Crippen molar-refractivity contribution in [2.75, 3.05) is 52.7 Å². The monoisotopic (exact) mass is 418 g/mol. The molecule has 4 rings (SSSR count). The Balaban J connectivity index is 1.42. The molecule has 0 radical (unpaired) electrons. The predicted octanol–water partition coefficient (Wildman–Crippen LogP) is 4.74. The summed E-state index contributed by atoms with van der Waals surface area (Å²) in [6, 6.07) is 19.4. The Morgan fingerprint density at radius 3 is 2.58 bits per heavy atom. The van der Waals surface area contributed by atoms with Gasteiger partial charge < -0.3 is 19.9 Å². The van der Waals surface area contributed by atoms with Crippen molar-refractivity contribution in [2.45, 2.75) is 25.3 Å². The normalized spacial score (nSPS) is 15.5. The second-order valence-corrected chi connectivity index (χ2v) is 8.60. The fourth-order valence-corrected chi connectivity index (χ4v) is 4.40. The van der Waals surface area contributed by atoms with E-state index in [1.165, 1.54) is 31.3 Å². The second-order valence-electron chi connectivity index (χ2n) is 8.60. The van der Waals surface area contributed by atoms with E-state index in [1.807, 2.05) is 18.2 Å². The van der Waals surface area contributed by atoms with E-state index < -0.39 is 0 Å². The summed E-state index contributed by atoms with van der Waals surface area (Å²) in [4.78, 5) is 9.87. The number of ether oxygens (including phenoxy) is 1. The number of anilines is 1. The summed E-state index contributed by atoms with van der Waals surface area (Å²) in [5, 5.41) is 4.86. The zero-order chi connectivity index (χ0) is 21.6. The summed E-state index contributed by atoms with van der Waals surface area (Å²) in [5.74, 6) is 0.858. The Hall–Kier alpha value is -2.63. The average Bonchev–Trinajstić information content (AvgIpc) is 2.82. The first kappa shape index (κ1) is 21.6. The maximum Gasteiger partial charge on any atom is 0.118 e. The molecule has 0 atom stereocenters. The van der Waals surface area contributed by atoms with Crippen LogP contribution in [0, 0.1) is 0 Å². The molecule has 5 nitrogen and oxygen atoms in total. The molecule has 0 unspecified atom stereocenters. The largest absolute Gasteiger partial charge is 0.497 e. The molecule has 1 saturated heterocycles. The van der Waals surface area contributed by atoms with Crippen molar-refractivity contribution in [1.29, 1.82) is 0 Å². The number of nitrogens with zero attached hydrogens (tertiary/aromatic N) is 3. The Morgan fingerprint density at radius 2 is 1.84 bits per heavy atom. The molecule has 1 fully saturated rings. The van der Waals surface area contributed by atoms with Crippen LogP contribution >= 0.6 is 0 Å². The number of piperidine rings is 1. The van der Waals surface area contributed by atoms with Crippen molar-refractivity contribution < 1.29 is 4.74 Å². The van der Waals surface area contributed by atoms with Gasteiger partial charge in [0.2, 0.25) is 0 Å². The van der Waals surface area contributed by atoms with Gasteiger partial charge in [0.15, 0.2) is 0 Å². The molecule has 0 aliphatic carbocycles. The number of pyridine rings is 1. The van der Waals surface area contributed by atoms with Gasteiger partial charge in [-0.25, -0.2) is 4.98 Å². The van der Waals surface area contributed by atoms with Gasteiger partial charge in [-0.05, 0) is 89.4 Å².